The van der Waals surface area contributed by atoms with Gasteiger partial charge in [0.05, 0.1) is 0 Å². The zero-order valence-electron chi connectivity index (χ0n) is 6.12. The van der Waals surface area contributed by atoms with E-state index in [-0.39, 0.29) is 5.08 Å². The fourth-order valence-corrected chi connectivity index (χ4v) is 2.33. The first kappa shape index (κ1) is 9.31. The molecule has 0 amide bonds. The minimum Gasteiger partial charge on any atom is -0.314 e. The number of sulfonamides is 1. The Bertz CT molecular complexity index is 209. The van der Waals surface area contributed by atoms with Crippen LogP contribution in [0.5, 0.6) is 0 Å². The van der Waals surface area contributed by atoms with E-state index in [9.17, 15) is 8.42 Å². The highest BCUT2D eigenvalue weighted by Crippen LogP contribution is 2.03. The van der Waals surface area contributed by atoms with E-state index in [1.54, 1.807) is 0 Å². The summed E-state index contributed by atoms with van der Waals surface area (Å²) in [7, 11) is -3.11. The second kappa shape index (κ2) is 3.75. The van der Waals surface area contributed by atoms with Crippen LogP contribution in [-0.4, -0.2) is 44.0 Å². The van der Waals surface area contributed by atoms with Crippen molar-refractivity contribution in [2.75, 3.05) is 31.3 Å². The van der Waals surface area contributed by atoms with E-state index in [2.05, 4.69) is 17.9 Å². The van der Waals surface area contributed by atoms with Gasteiger partial charge in [-0.1, -0.05) is 12.6 Å². The van der Waals surface area contributed by atoms with Crippen LogP contribution in [0, 0.1) is 0 Å². The molecule has 1 fully saturated rings. The monoisotopic (exact) mass is 195 g/mol. The van der Waals surface area contributed by atoms with Gasteiger partial charge in [0.15, 0.2) is 0 Å². The number of nitrogens with one attached hydrogen (secondary N) is 1. The van der Waals surface area contributed by atoms with Crippen LogP contribution in [0.4, 0.5) is 0 Å². The van der Waals surface area contributed by atoms with Crippen LogP contribution < -0.4 is 5.32 Å². The highest BCUT2D eigenvalue weighted by atomic mass is 32.3. The van der Waals surface area contributed by atoms with Crippen LogP contribution >= 0.6 is 12.6 Å². The van der Waals surface area contributed by atoms with Crippen molar-refractivity contribution in [1.82, 2.24) is 9.62 Å². The van der Waals surface area contributed by atoms with Crippen LogP contribution in [0.2, 0.25) is 0 Å². The second-order valence-electron chi connectivity index (χ2n) is 2.38. The third-order valence-electron chi connectivity index (χ3n) is 1.62. The van der Waals surface area contributed by atoms with Gasteiger partial charge in [-0.15, -0.1) is 0 Å². The summed E-state index contributed by atoms with van der Waals surface area (Å²) >= 11 is 4.52. The van der Waals surface area contributed by atoms with E-state index in [0.717, 1.165) is 13.1 Å². The van der Waals surface area contributed by atoms with E-state index in [0.29, 0.717) is 13.1 Å². The van der Waals surface area contributed by atoms with E-state index in [1.165, 1.54) is 4.31 Å². The first-order valence-electron chi connectivity index (χ1n) is 3.43. The first-order valence-corrected chi connectivity index (χ1v) is 5.62. The highest BCUT2D eigenvalue weighted by Gasteiger charge is 2.21. The molecule has 65 valence electrons. The van der Waals surface area contributed by atoms with Crippen molar-refractivity contribution in [3.05, 3.63) is 0 Å². The molecule has 1 saturated heterocycles. The number of piperazine rings is 1. The Kier molecular flexibility index (Phi) is 3.17. The van der Waals surface area contributed by atoms with Crippen molar-refractivity contribution in [2.24, 2.45) is 0 Å². The van der Waals surface area contributed by atoms with Gasteiger partial charge in [0.2, 0.25) is 10.0 Å². The Hall–Kier alpha value is 0.220. The summed E-state index contributed by atoms with van der Waals surface area (Å²) in [6.07, 6.45) is 0. The normalized spacial score (nSPS) is 21.9. The van der Waals surface area contributed by atoms with Crippen LogP contribution in [0.25, 0.3) is 0 Å². The molecule has 1 aliphatic heterocycles. The van der Waals surface area contributed by atoms with Crippen molar-refractivity contribution in [2.45, 2.75) is 0 Å². The summed E-state index contributed by atoms with van der Waals surface area (Å²) < 4.78 is 23.7. The summed E-state index contributed by atoms with van der Waals surface area (Å²) in [6.45, 7) is 2.57. The molecule has 1 heterocycles. The zero-order chi connectivity index (χ0) is 8.32. The van der Waals surface area contributed by atoms with Gasteiger partial charge >= 0.3 is 0 Å². The maximum absolute atomic E-state index is 11.1. The lowest BCUT2D eigenvalue weighted by Crippen LogP contribution is -2.46. The van der Waals surface area contributed by atoms with Gasteiger partial charge in [0, 0.05) is 26.2 Å². The highest BCUT2D eigenvalue weighted by molar-refractivity contribution is 8.02. The molecule has 6 heteroatoms. The second-order valence-corrected chi connectivity index (χ2v) is 5.00. The predicted molar refractivity (Wildman–Crippen MR) is 45.8 cm³/mol. The number of hydrogen-bond donors (Lipinski definition) is 1. The SMILES string of the molecule is O=S(=O)(C[S])N1CCNCC1. The molecule has 1 N–H and O–H groups in total. The predicted octanol–water partition coefficient (Wildman–Crippen LogP) is -0.624. The minimum atomic E-state index is -3.11. The quantitative estimate of drug-likeness (QED) is 0.638. The summed E-state index contributed by atoms with van der Waals surface area (Å²) in [5.74, 6) is 0. The van der Waals surface area contributed by atoms with Crippen LogP contribution in [-0.2, 0) is 10.0 Å². The third kappa shape index (κ3) is 2.33. The van der Waals surface area contributed by atoms with Gasteiger partial charge in [-0.2, -0.15) is 4.31 Å². The maximum atomic E-state index is 11.1. The molecule has 11 heavy (non-hydrogen) atoms. The molecule has 0 aromatic rings. The van der Waals surface area contributed by atoms with Crippen molar-refractivity contribution < 1.29 is 8.42 Å². The Labute approximate surface area is 72.4 Å². The smallest absolute Gasteiger partial charge is 0.224 e. The lowest BCUT2D eigenvalue weighted by atomic mass is 10.4. The topological polar surface area (TPSA) is 49.4 Å². The molecule has 1 rings (SSSR count). The molecule has 0 aromatic heterocycles. The van der Waals surface area contributed by atoms with Gasteiger partial charge in [0.25, 0.3) is 0 Å². The average molecular weight is 195 g/mol. The maximum Gasteiger partial charge on any atom is 0.224 e. The van der Waals surface area contributed by atoms with Gasteiger partial charge in [-0.05, 0) is 0 Å². The molecular weight excluding hydrogens is 184 g/mol. The molecule has 4 nitrogen and oxygen atoms in total. The lowest BCUT2D eigenvalue weighted by Gasteiger charge is -2.25. The number of hydrogen-bond acceptors (Lipinski definition) is 3. The van der Waals surface area contributed by atoms with Gasteiger partial charge in [-0.3, -0.25) is 0 Å². The minimum absolute atomic E-state index is 0.201. The fraction of sp³-hybridized carbons (Fsp3) is 1.00. The van der Waals surface area contributed by atoms with Crippen LogP contribution in [0.3, 0.4) is 0 Å². The Morgan fingerprint density at radius 3 is 2.36 bits per heavy atom. The Morgan fingerprint density at radius 1 is 1.36 bits per heavy atom. The first-order chi connectivity index (χ1) is 5.17. The van der Waals surface area contributed by atoms with E-state index in [1.807, 2.05) is 0 Å². The molecule has 1 radical (unpaired) electrons. The van der Waals surface area contributed by atoms with Gasteiger partial charge in [0.1, 0.15) is 5.08 Å². The zero-order valence-corrected chi connectivity index (χ0v) is 7.75. The lowest BCUT2D eigenvalue weighted by molar-refractivity contribution is 0.362. The summed E-state index contributed by atoms with van der Waals surface area (Å²) in [5.41, 5.74) is 0. The molecule has 0 unspecified atom stereocenters. The summed E-state index contributed by atoms with van der Waals surface area (Å²) in [4.78, 5) is 0. The van der Waals surface area contributed by atoms with E-state index < -0.39 is 10.0 Å². The molecule has 0 atom stereocenters. The molecule has 1 aliphatic rings. The third-order valence-corrected chi connectivity index (χ3v) is 3.96. The molecule has 0 spiro atoms. The van der Waals surface area contributed by atoms with Crippen LogP contribution in [0.1, 0.15) is 0 Å². The van der Waals surface area contributed by atoms with E-state index >= 15 is 0 Å². The van der Waals surface area contributed by atoms with Crippen molar-refractivity contribution in [1.29, 1.82) is 0 Å². The number of rotatable bonds is 2. The number of nitrogens with zero attached hydrogens (tertiary/aromatic N) is 1. The van der Waals surface area contributed by atoms with Crippen molar-refractivity contribution >= 4 is 22.7 Å². The fourth-order valence-electron chi connectivity index (χ4n) is 0.997. The summed E-state index contributed by atoms with van der Waals surface area (Å²) in [6, 6.07) is 0. The average Bonchev–Trinajstić information content (AvgIpc) is 2.06. The molecule has 0 aliphatic carbocycles. The van der Waals surface area contributed by atoms with Crippen molar-refractivity contribution in [3.8, 4) is 0 Å². The van der Waals surface area contributed by atoms with Crippen LogP contribution in [0.15, 0.2) is 0 Å². The Balaban J connectivity index is 2.58. The van der Waals surface area contributed by atoms with Crippen molar-refractivity contribution in [3.63, 3.8) is 0 Å². The van der Waals surface area contributed by atoms with E-state index in [4.69, 9.17) is 0 Å². The molecular formula is C5H11N2O2S2. The Morgan fingerprint density at radius 2 is 1.91 bits per heavy atom. The van der Waals surface area contributed by atoms with Gasteiger partial charge < -0.3 is 5.32 Å². The summed E-state index contributed by atoms with van der Waals surface area (Å²) in [5, 5.41) is 2.87. The standard InChI is InChI=1S/C5H11N2O2S2/c8-11(9,5-10)7-3-1-6-2-4-7/h6H,1-5H2. The molecule has 0 bridgehead atoms. The molecule has 0 saturated carbocycles. The largest absolute Gasteiger partial charge is 0.314 e. The van der Waals surface area contributed by atoms with Gasteiger partial charge in [-0.25, -0.2) is 8.42 Å². The molecule has 0 aromatic carbocycles.